The molecule has 0 amide bonds. The summed E-state index contributed by atoms with van der Waals surface area (Å²) in [5, 5.41) is 9.38. The van der Waals surface area contributed by atoms with Crippen LogP contribution in [0.5, 0.6) is 0 Å². The highest BCUT2D eigenvalue weighted by Gasteiger charge is 2.71. The smallest absolute Gasteiger partial charge is 0.372 e. The second-order valence-electron chi connectivity index (χ2n) is 4.91. The quantitative estimate of drug-likeness (QED) is 0.449. The van der Waals surface area contributed by atoms with Crippen molar-refractivity contribution in [3.63, 3.8) is 0 Å². The summed E-state index contributed by atoms with van der Waals surface area (Å²) in [5.41, 5.74) is -0.0286. The third-order valence-electron chi connectivity index (χ3n) is 3.95. The van der Waals surface area contributed by atoms with E-state index in [0.717, 1.165) is 0 Å². The van der Waals surface area contributed by atoms with Crippen LogP contribution in [0.3, 0.4) is 0 Å². The third-order valence-corrected chi connectivity index (χ3v) is 6.34. The van der Waals surface area contributed by atoms with Crippen molar-refractivity contribution >= 4 is 39.3 Å². The van der Waals surface area contributed by atoms with E-state index in [2.05, 4.69) is 27.0 Å². The van der Waals surface area contributed by atoms with Crippen molar-refractivity contribution in [3.8, 4) is 6.07 Å². The van der Waals surface area contributed by atoms with Gasteiger partial charge in [-0.1, -0.05) is 6.07 Å². The van der Waals surface area contributed by atoms with E-state index in [0.29, 0.717) is 23.1 Å². The SMILES string of the molecule is COC1(c2cccc(Br)n2)CCC([S+]=O)([S+]=O)C(C#N)C1. The summed E-state index contributed by atoms with van der Waals surface area (Å²) in [4.78, 5) is 4.42. The van der Waals surface area contributed by atoms with Crippen LogP contribution in [0.1, 0.15) is 25.0 Å². The van der Waals surface area contributed by atoms with Crippen LogP contribution in [-0.4, -0.2) is 16.2 Å². The summed E-state index contributed by atoms with van der Waals surface area (Å²) >= 11 is 3.78. The second-order valence-corrected chi connectivity index (χ2v) is 7.77. The Bertz CT molecular complexity index is 599. The van der Waals surface area contributed by atoms with E-state index in [4.69, 9.17) is 4.74 Å². The van der Waals surface area contributed by atoms with E-state index in [-0.39, 0.29) is 29.8 Å². The normalized spacial score (nSPS) is 27.6. The van der Waals surface area contributed by atoms with Crippen LogP contribution < -0.4 is 0 Å². The number of hydrogen-bond donors (Lipinski definition) is 0. The summed E-state index contributed by atoms with van der Waals surface area (Å²) < 4.78 is 28.0. The van der Waals surface area contributed by atoms with E-state index >= 15 is 0 Å². The monoisotopic (exact) mass is 388 g/mol. The molecule has 1 aromatic heterocycles. The van der Waals surface area contributed by atoms with Crippen LogP contribution in [0.2, 0.25) is 0 Å². The number of methoxy groups -OCH3 is 1. The molecule has 2 unspecified atom stereocenters. The Morgan fingerprint density at radius 2 is 2.14 bits per heavy atom. The predicted octanol–water partition coefficient (Wildman–Crippen LogP) is 2.56. The molecule has 2 rings (SSSR count). The van der Waals surface area contributed by atoms with Crippen LogP contribution in [0.4, 0.5) is 0 Å². The number of rotatable bonds is 4. The van der Waals surface area contributed by atoms with Gasteiger partial charge in [0.2, 0.25) is 0 Å². The van der Waals surface area contributed by atoms with Crippen LogP contribution in [0.15, 0.2) is 22.8 Å². The fraction of sp³-hybridized carbons (Fsp3) is 0.538. The van der Waals surface area contributed by atoms with Crippen molar-refractivity contribution in [2.24, 2.45) is 5.92 Å². The molecule has 0 aliphatic heterocycles. The zero-order chi connectivity index (χ0) is 15.5. The van der Waals surface area contributed by atoms with Gasteiger partial charge in [0, 0.05) is 21.9 Å². The van der Waals surface area contributed by atoms with Gasteiger partial charge in [-0.2, -0.15) is 5.26 Å². The summed E-state index contributed by atoms with van der Waals surface area (Å²) in [6.45, 7) is 0. The van der Waals surface area contributed by atoms with E-state index in [1.165, 1.54) is 0 Å². The van der Waals surface area contributed by atoms with Crippen molar-refractivity contribution in [2.75, 3.05) is 7.11 Å². The van der Waals surface area contributed by atoms with Crippen LogP contribution >= 0.6 is 15.9 Å². The van der Waals surface area contributed by atoms with Gasteiger partial charge < -0.3 is 4.74 Å². The number of nitriles is 1. The van der Waals surface area contributed by atoms with Gasteiger partial charge in [-0.25, -0.2) is 4.98 Å². The molecule has 0 radical (unpaired) electrons. The first-order valence-electron chi connectivity index (χ1n) is 6.25. The highest BCUT2D eigenvalue weighted by atomic mass is 79.9. The first-order valence-corrected chi connectivity index (χ1v) is 8.53. The molecule has 21 heavy (non-hydrogen) atoms. The number of pyridine rings is 1. The lowest BCUT2D eigenvalue weighted by Crippen LogP contribution is -2.48. The standard InChI is InChI=1S/C13H13BrN2O3S2/c1-19-12(10-3-2-4-11(14)16-10)5-6-13(20-17,21-18)9(7-12)8-15/h2-4,9H,5-7H2,1H3/q+2. The molecule has 0 N–H and O–H groups in total. The highest BCUT2D eigenvalue weighted by Crippen LogP contribution is 2.47. The van der Waals surface area contributed by atoms with Crippen LogP contribution in [-0.2, 0) is 42.1 Å². The van der Waals surface area contributed by atoms with E-state index in [1.54, 1.807) is 7.11 Å². The average molecular weight is 389 g/mol. The molecule has 1 aliphatic carbocycles. The molecule has 0 spiro atoms. The lowest BCUT2D eigenvalue weighted by atomic mass is 9.75. The molecule has 0 bridgehead atoms. The van der Waals surface area contributed by atoms with E-state index in [1.807, 2.05) is 18.2 Å². The largest absolute Gasteiger partial charge is 0.540 e. The molecule has 1 saturated carbocycles. The molecular weight excluding hydrogens is 376 g/mol. The molecule has 5 nitrogen and oxygen atoms in total. The van der Waals surface area contributed by atoms with Crippen molar-refractivity contribution in [1.29, 1.82) is 5.26 Å². The van der Waals surface area contributed by atoms with Gasteiger partial charge in [0.15, 0.2) is 5.92 Å². The molecule has 1 heterocycles. The molecule has 0 saturated heterocycles. The van der Waals surface area contributed by atoms with Gasteiger partial charge in [0.25, 0.3) is 0 Å². The first-order chi connectivity index (χ1) is 10.1. The van der Waals surface area contributed by atoms with Gasteiger partial charge in [0.1, 0.15) is 10.2 Å². The van der Waals surface area contributed by atoms with Gasteiger partial charge in [-0.05, 0) is 34.5 Å². The minimum atomic E-state index is -1.15. The Labute approximate surface area is 139 Å². The number of halogens is 1. The lowest BCUT2D eigenvalue weighted by molar-refractivity contribution is -0.0580. The summed E-state index contributed by atoms with van der Waals surface area (Å²) in [5.74, 6) is -0.683. The Morgan fingerprint density at radius 1 is 1.43 bits per heavy atom. The molecule has 1 fully saturated rings. The zero-order valence-electron chi connectivity index (χ0n) is 11.2. The Hall–Kier alpha value is -0.880. The van der Waals surface area contributed by atoms with Crippen LogP contribution in [0.25, 0.3) is 0 Å². The number of nitrogens with zero attached hydrogens (tertiary/aromatic N) is 2. The maximum Gasteiger partial charge on any atom is 0.540 e. The second kappa shape index (κ2) is 6.48. The number of hydrogen-bond acceptors (Lipinski definition) is 5. The van der Waals surface area contributed by atoms with Crippen molar-refractivity contribution < 1.29 is 13.2 Å². The van der Waals surface area contributed by atoms with Crippen molar-refractivity contribution in [3.05, 3.63) is 28.5 Å². The maximum atomic E-state index is 11.4. The van der Waals surface area contributed by atoms with E-state index in [9.17, 15) is 13.7 Å². The molecular formula is C13H13BrN2O3S2+2. The van der Waals surface area contributed by atoms with Gasteiger partial charge in [-0.3, -0.25) is 0 Å². The molecule has 0 aromatic carbocycles. The zero-order valence-corrected chi connectivity index (χ0v) is 14.5. The first kappa shape index (κ1) is 16.5. The third kappa shape index (κ3) is 2.88. The minimum absolute atomic E-state index is 0.228. The maximum absolute atomic E-state index is 11.4. The Morgan fingerprint density at radius 3 is 2.67 bits per heavy atom. The summed E-state index contributed by atoms with van der Waals surface area (Å²) in [6.07, 6.45) is 1.08. The average Bonchev–Trinajstić information content (AvgIpc) is 2.54. The minimum Gasteiger partial charge on any atom is -0.372 e. The summed E-state index contributed by atoms with van der Waals surface area (Å²) in [6, 6.07) is 7.60. The van der Waals surface area contributed by atoms with Crippen molar-refractivity contribution in [1.82, 2.24) is 4.98 Å². The van der Waals surface area contributed by atoms with Gasteiger partial charge in [-0.15, -0.1) is 0 Å². The number of aromatic nitrogens is 1. The fourth-order valence-electron chi connectivity index (χ4n) is 2.68. The molecule has 8 heteroatoms. The molecule has 110 valence electrons. The highest BCUT2D eigenvalue weighted by molar-refractivity contribution is 9.10. The predicted molar refractivity (Wildman–Crippen MR) is 82.4 cm³/mol. The fourth-order valence-corrected chi connectivity index (χ4v) is 4.01. The lowest BCUT2D eigenvalue weighted by Gasteiger charge is -2.36. The molecule has 1 aliphatic rings. The van der Waals surface area contributed by atoms with Crippen LogP contribution in [0, 0.1) is 17.2 Å². The molecule has 1 aromatic rings. The summed E-state index contributed by atoms with van der Waals surface area (Å²) in [7, 11) is 1.57. The topological polar surface area (TPSA) is 80.0 Å². The van der Waals surface area contributed by atoms with Gasteiger partial charge in [0.05, 0.1) is 18.2 Å². The molecule has 2 atom stereocenters. The Kier molecular flexibility index (Phi) is 5.09. The number of ether oxygens (including phenoxy) is 1. The van der Waals surface area contributed by atoms with Gasteiger partial charge >= 0.3 is 27.4 Å². The van der Waals surface area contributed by atoms with E-state index < -0.39 is 15.6 Å². The Balaban J connectivity index is 2.43. The van der Waals surface area contributed by atoms with Crippen molar-refractivity contribution in [2.45, 2.75) is 28.9 Å².